The van der Waals surface area contributed by atoms with Crippen LogP contribution < -0.4 is 21.5 Å². The van der Waals surface area contributed by atoms with Gasteiger partial charge in [-0.25, -0.2) is 0 Å². The number of rotatable bonds is 15. The van der Waals surface area contributed by atoms with E-state index in [1.165, 1.54) is 0 Å². The molecule has 3 heterocycles. The average molecular weight is 729 g/mol. The van der Waals surface area contributed by atoms with Gasteiger partial charge in [-0.15, -0.1) is 0 Å². The highest BCUT2D eigenvalue weighted by molar-refractivity contribution is 5.65. The summed E-state index contributed by atoms with van der Waals surface area (Å²) in [6, 6.07) is 0.200. The molecule has 296 valence electrons. The van der Waals surface area contributed by atoms with Crippen molar-refractivity contribution in [3.05, 3.63) is 0 Å². The van der Waals surface area contributed by atoms with E-state index >= 15 is 0 Å². The van der Waals surface area contributed by atoms with Crippen LogP contribution in [0.5, 0.6) is 0 Å². The molecule has 9 unspecified atom stereocenters. The fourth-order valence-electron chi connectivity index (χ4n) is 10.8. The summed E-state index contributed by atoms with van der Waals surface area (Å²) in [5.74, 6) is -0.612. The Kier molecular flexibility index (Phi) is 15.4. The van der Waals surface area contributed by atoms with Crippen LogP contribution >= 0.6 is 0 Å². The molecule has 13 heteroatoms. The largest absolute Gasteiger partial charge is 0.550 e. The lowest BCUT2D eigenvalue weighted by atomic mass is 9.64. The molecule has 0 aromatic rings. The van der Waals surface area contributed by atoms with E-state index in [1.807, 2.05) is 0 Å². The van der Waals surface area contributed by atoms with Crippen LogP contribution in [-0.4, -0.2) is 127 Å². The van der Waals surface area contributed by atoms with E-state index < -0.39 is 41.9 Å². The van der Waals surface area contributed by atoms with Crippen LogP contribution in [0.15, 0.2) is 0 Å². The van der Waals surface area contributed by atoms with E-state index in [4.69, 9.17) is 24.7 Å². The van der Waals surface area contributed by atoms with Gasteiger partial charge in [-0.05, 0) is 115 Å². The number of methoxy groups -OCH3 is 2. The third kappa shape index (κ3) is 10.6. The molecule has 2 aliphatic carbocycles. The summed E-state index contributed by atoms with van der Waals surface area (Å²) in [6.07, 6.45) is 6.89. The van der Waals surface area contributed by atoms with Gasteiger partial charge in [0.15, 0.2) is 0 Å². The summed E-state index contributed by atoms with van der Waals surface area (Å²) >= 11 is 0. The highest BCUT2D eigenvalue weighted by atomic mass is 16.5. The van der Waals surface area contributed by atoms with Crippen LogP contribution in [0.2, 0.25) is 0 Å². The molecule has 0 aromatic heterocycles. The first kappa shape index (κ1) is 41.2. The molecule has 0 spiro atoms. The Balaban J connectivity index is 1.28. The quantitative estimate of drug-likeness (QED) is 0.103. The van der Waals surface area contributed by atoms with Crippen LogP contribution in [-0.2, 0) is 23.7 Å². The average Bonchev–Trinajstić information content (AvgIpc) is 3.09. The number of carboxylic acids is 1. The molecule has 0 amide bonds. The molecule has 2 saturated carbocycles. The normalized spacial score (nSPS) is 45.4. The van der Waals surface area contributed by atoms with E-state index in [2.05, 4.69) is 17.6 Å². The maximum atomic E-state index is 12.3. The van der Waals surface area contributed by atoms with E-state index in [1.54, 1.807) is 14.2 Å². The first-order chi connectivity index (χ1) is 24.4. The number of carboxylic acid groups (broad SMARTS) is 1. The van der Waals surface area contributed by atoms with E-state index in [9.17, 15) is 30.3 Å². The summed E-state index contributed by atoms with van der Waals surface area (Å²) in [5, 5.41) is 59.9. The van der Waals surface area contributed by atoms with Crippen LogP contribution in [0.3, 0.4) is 0 Å². The van der Waals surface area contributed by atoms with Crippen molar-refractivity contribution in [1.82, 2.24) is 0 Å². The fraction of sp³-hybridized carbons (Fsp3) is 0.974. The number of aliphatic hydroxyl groups excluding tert-OH is 4. The molecule has 5 aliphatic rings. The zero-order chi connectivity index (χ0) is 36.7. The Morgan fingerprint density at radius 3 is 2.39 bits per heavy atom. The molecule has 0 radical (unpaired) electrons. The second-order valence-corrected chi connectivity index (χ2v) is 17.2. The highest BCUT2D eigenvalue weighted by Gasteiger charge is 2.50. The molecule has 5 fully saturated rings. The Morgan fingerprint density at radius 1 is 0.922 bits per heavy atom. The zero-order valence-corrected chi connectivity index (χ0v) is 31.4. The number of ether oxygens (including phenoxy) is 4. The van der Waals surface area contributed by atoms with Gasteiger partial charge in [0.2, 0.25) is 0 Å². The van der Waals surface area contributed by atoms with Gasteiger partial charge >= 0.3 is 0 Å². The lowest BCUT2D eigenvalue weighted by molar-refractivity contribution is -0.744. The third-order valence-electron chi connectivity index (χ3n) is 13.7. The smallest absolute Gasteiger partial charge is 0.137 e. The Labute approximate surface area is 304 Å². The predicted octanol–water partition coefficient (Wildman–Crippen LogP) is -1.48. The Hall–Kier alpha value is -0.970. The number of quaternary nitrogens is 2. The minimum atomic E-state index is -1.04. The molecular formula is C38H70N3O10+. The van der Waals surface area contributed by atoms with E-state index in [0.717, 1.165) is 70.8 Å². The van der Waals surface area contributed by atoms with Gasteiger partial charge in [0.25, 0.3) is 0 Å². The number of nitrogens with two attached hydrogens (primary N) is 3. The molecule has 3 saturated heterocycles. The number of carbonyl (C=O) groups is 1. The summed E-state index contributed by atoms with van der Waals surface area (Å²) in [6.45, 7) is 3.35. The fourth-order valence-corrected chi connectivity index (χ4v) is 10.8. The van der Waals surface area contributed by atoms with Gasteiger partial charge in [0, 0.05) is 44.5 Å². The maximum absolute atomic E-state index is 12.3. The van der Waals surface area contributed by atoms with E-state index in [-0.39, 0.29) is 55.4 Å². The van der Waals surface area contributed by atoms with Crippen LogP contribution in [0.25, 0.3) is 0 Å². The van der Waals surface area contributed by atoms with Crippen molar-refractivity contribution in [3.63, 3.8) is 0 Å². The lowest BCUT2D eigenvalue weighted by Gasteiger charge is -2.49. The first-order valence-electron chi connectivity index (χ1n) is 20.1. The summed E-state index contributed by atoms with van der Waals surface area (Å²) in [4.78, 5) is 12.3. The summed E-state index contributed by atoms with van der Waals surface area (Å²) in [5.41, 5.74) is 5.81. The van der Waals surface area contributed by atoms with Crippen molar-refractivity contribution in [1.29, 1.82) is 0 Å². The standard InChI is InChI=1S/C38H69N3O10/c1-22-8-11-38(20-35(45)46,19-24-9-12-40-34(39)15-24)33(41-22)21-50-32-17-25(16-31(49-3)36(32)47)37-27(10-13-42)29(44)18-26(51-37)6-4-23-5-7-28(43)30(14-23)48-2/h22-34,36-37,40-44,47H,4-21,39H2,1-3H3,(H,45,46)/p+1/t22-,23?,24?,25?,26+,27+,28?,29+,30?,31?,32?,33-,34?,36?,37+,38-/m1/s1. The van der Waals surface area contributed by atoms with Crippen LogP contribution in [0, 0.1) is 29.1 Å². The van der Waals surface area contributed by atoms with Crippen molar-refractivity contribution in [2.75, 3.05) is 34.0 Å². The molecule has 13 nitrogen and oxygen atoms in total. The number of aliphatic hydroxyl groups is 4. The molecular weight excluding hydrogens is 658 g/mol. The molecule has 16 atom stereocenters. The number of piperidine rings is 2. The van der Waals surface area contributed by atoms with Gasteiger partial charge in [-0.2, -0.15) is 0 Å². The number of carbonyl (C=O) groups excluding carboxylic acids is 1. The molecule has 3 aliphatic heterocycles. The van der Waals surface area contributed by atoms with Gasteiger partial charge < -0.3 is 59.9 Å². The topological polar surface area (TPSA) is 217 Å². The van der Waals surface area contributed by atoms with Gasteiger partial charge in [0.1, 0.15) is 18.3 Å². The van der Waals surface area contributed by atoms with Gasteiger partial charge in [-0.3, -0.25) is 5.73 Å². The van der Waals surface area contributed by atoms with Gasteiger partial charge in [0.05, 0.1) is 61.9 Å². The lowest BCUT2D eigenvalue weighted by Crippen LogP contribution is -3.00. The maximum Gasteiger partial charge on any atom is 0.137 e. The monoisotopic (exact) mass is 729 g/mol. The van der Waals surface area contributed by atoms with E-state index in [0.29, 0.717) is 50.2 Å². The van der Waals surface area contributed by atoms with Crippen molar-refractivity contribution < 1.29 is 59.9 Å². The van der Waals surface area contributed by atoms with Gasteiger partial charge in [-0.1, -0.05) is 0 Å². The van der Waals surface area contributed by atoms with Crippen LogP contribution in [0.4, 0.5) is 0 Å². The van der Waals surface area contributed by atoms with Crippen molar-refractivity contribution in [2.45, 2.75) is 170 Å². The number of hydrogen-bond donors (Lipinski definition) is 7. The van der Waals surface area contributed by atoms with Crippen molar-refractivity contribution in [2.24, 2.45) is 34.8 Å². The molecule has 51 heavy (non-hydrogen) atoms. The van der Waals surface area contributed by atoms with Crippen molar-refractivity contribution >= 4 is 5.97 Å². The molecule has 10 N–H and O–H groups in total. The van der Waals surface area contributed by atoms with Crippen LogP contribution in [0.1, 0.15) is 103 Å². The van der Waals surface area contributed by atoms with Crippen molar-refractivity contribution in [3.8, 4) is 0 Å². The number of aliphatic carboxylic acids is 1. The minimum Gasteiger partial charge on any atom is -0.550 e. The zero-order valence-electron chi connectivity index (χ0n) is 31.4. The Morgan fingerprint density at radius 2 is 1.69 bits per heavy atom. The molecule has 0 aromatic carbocycles. The third-order valence-corrected chi connectivity index (χ3v) is 13.7. The summed E-state index contributed by atoms with van der Waals surface area (Å²) < 4.78 is 24.9. The first-order valence-corrected chi connectivity index (χ1v) is 20.1. The second kappa shape index (κ2) is 19.1. The predicted molar refractivity (Wildman–Crippen MR) is 186 cm³/mol. The highest BCUT2D eigenvalue weighted by Crippen LogP contribution is 2.44. The number of hydrogen-bond acceptors (Lipinski definition) is 11. The summed E-state index contributed by atoms with van der Waals surface area (Å²) in [7, 11) is 3.25. The Bertz CT molecular complexity index is 1070. The minimum absolute atomic E-state index is 0.0260. The molecule has 0 bridgehead atoms. The molecule has 5 rings (SSSR count). The second-order valence-electron chi connectivity index (χ2n) is 17.2. The SMILES string of the molecule is COC1CC(CC[C@H]2C[C@H](O)[C@H](CCO)[C@H](C3CC(OC)C(O)C(OC[C@H]4[NH2+][C@H](C)CC[C@]4(CC(=O)[O-])CC4CC[NH2+]C(N)C4)C3)O2)CCC1O.